The molecular formula is C17H21FN4. The number of likely N-dealkylation sites (tertiary alicyclic amines) is 1. The highest BCUT2D eigenvalue weighted by atomic mass is 19.1. The standard InChI is InChI=1S/C17H21FN4/c18-8-14-10-22(9-12-6-7-12)11-15(14)17-19-16(20-21-17)13-4-2-1-3-5-13/h1-5,12,14-15H,6-11H2,(H,19,20,21)/t14-,15-/m1/s1. The number of benzene rings is 1. The molecule has 2 atom stereocenters. The van der Waals surface area contributed by atoms with Crippen LogP contribution in [0.5, 0.6) is 0 Å². The van der Waals surface area contributed by atoms with Crippen molar-refractivity contribution in [2.45, 2.75) is 18.8 Å². The van der Waals surface area contributed by atoms with Crippen molar-refractivity contribution in [3.63, 3.8) is 0 Å². The third-order valence-electron chi connectivity index (χ3n) is 4.81. The molecule has 2 aromatic rings. The van der Waals surface area contributed by atoms with E-state index >= 15 is 0 Å². The zero-order chi connectivity index (χ0) is 14.9. The first kappa shape index (κ1) is 13.9. The summed E-state index contributed by atoms with van der Waals surface area (Å²) >= 11 is 0. The molecule has 0 spiro atoms. The Balaban J connectivity index is 1.52. The van der Waals surface area contributed by atoms with Crippen LogP contribution in [-0.2, 0) is 0 Å². The minimum absolute atomic E-state index is 0.0373. The number of nitrogens with zero attached hydrogens (tertiary/aromatic N) is 3. The molecule has 22 heavy (non-hydrogen) atoms. The molecule has 1 aliphatic carbocycles. The zero-order valence-electron chi connectivity index (χ0n) is 12.6. The summed E-state index contributed by atoms with van der Waals surface area (Å²) in [5.74, 6) is 2.55. The Labute approximate surface area is 129 Å². The Kier molecular flexibility index (Phi) is 3.66. The SMILES string of the molecule is FC[C@@H]1CN(CC2CC2)C[C@H]1c1nc(-c2ccccc2)n[nH]1. The van der Waals surface area contributed by atoms with Crippen LogP contribution in [0.15, 0.2) is 30.3 Å². The molecule has 4 nitrogen and oxygen atoms in total. The number of alkyl halides is 1. The second kappa shape index (κ2) is 5.80. The minimum Gasteiger partial charge on any atom is -0.302 e. The number of H-pyrrole nitrogens is 1. The van der Waals surface area contributed by atoms with Gasteiger partial charge in [0, 0.05) is 37.0 Å². The van der Waals surface area contributed by atoms with E-state index in [2.05, 4.69) is 20.1 Å². The maximum absolute atomic E-state index is 13.4. The Morgan fingerprint density at radius 1 is 1.18 bits per heavy atom. The maximum Gasteiger partial charge on any atom is 0.181 e. The fraction of sp³-hybridized carbons (Fsp3) is 0.529. The third kappa shape index (κ3) is 2.77. The lowest BCUT2D eigenvalue weighted by atomic mass is 9.97. The molecule has 0 amide bonds. The normalized spacial score (nSPS) is 25.7. The van der Waals surface area contributed by atoms with E-state index in [4.69, 9.17) is 0 Å². The van der Waals surface area contributed by atoms with E-state index in [1.807, 2.05) is 30.3 Å². The molecule has 116 valence electrons. The van der Waals surface area contributed by atoms with Gasteiger partial charge in [-0.25, -0.2) is 4.98 Å². The van der Waals surface area contributed by atoms with Crippen LogP contribution in [0.2, 0.25) is 0 Å². The first-order chi connectivity index (χ1) is 10.8. The van der Waals surface area contributed by atoms with Crippen LogP contribution in [0.4, 0.5) is 4.39 Å². The molecule has 2 fully saturated rings. The predicted molar refractivity (Wildman–Crippen MR) is 83.2 cm³/mol. The van der Waals surface area contributed by atoms with E-state index in [0.29, 0.717) is 5.82 Å². The molecule has 1 N–H and O–H groups in total. The highest BCUT2D eigenvalue weighted by Gasteiger charge is 2.38. The van der Waals surface area contributed by atoms with Gasteiger partial charge in [-0.3, -0.25) is 9.49 Å². The van der Waals surface area contributed by atoms with Crippen molar-refractivity contribution >= 4 is 0 Å². The van der Waals surface area contributed by atoms with Crippen LogP contribution in [0.1, 0.15) is 24.6 Å². The topological polar surface area (TPSA) is 44.8 Å². The summed E-state index contributed by atoms with van der Waals surface area (Å²) in [5.41, 5.74) is 0.995. The summed E-state index contributed by atoms with van der Waals surface area (Å²) in [6, 6.07) is 9.91. The van der Waals surface area contributed by atoms with Gasteiger partial charge in [-0.15, -0.1) is 0 Å². The van der Waals surface area contributed by atoms with Gasteiger partial charge in [0.1, 0.15) is 5.82 Å². The lowest BCUT2D eigenvalue weighted by molar-refractivity contribution is 0.292. The summed E-state index contributed by atoms with van der Waals surface area (Å²) in [6.07, 6.45) is 2.67. The van der Waals surface area contributed by atoms with Crippen LogP contribution in [0.25, 0.3) is 11.4 Å². The average molecular weight is 300 g/mol. The molecular weight excluding hydrogens is 279 g/mol. The van der Waals surface area contributed by atoms with E-state index in [1.54, 1.807) is 0 Å². The largest absolute Gasteiger partial charge is 0.302 e. The monoisotopic (exact) mass is 300 g/mol. The van der Waals surface area contributed by atoms with Gasteiger partial charge in [0.25, 0.3) is 0 Å². The Hall–Kier alpha value is -1.75. The Bertz CT molecular complexity index is 623. The number of hydrogen-bond donors (Lipinski definition) is 1. The highest BCUT2D eigenvalue weighted by molar-refractivity contribution is 5.53. The van der Waals surface area contributed by atoms with Gasteiger partial charge in [-0.1, -0.05) is 30.3 Å². The number of nitrogens with one attached hydrogen (secondary N) is 1. The molecule has 1 saturated heterocycles. The predicted octanol–water partition coefficient (Wildman–Crippen LogP) is 2.87. The van der Waals surface area contributed by atoms with Gasteiger partial charge in [0.2, 0.25) is 0 Å². The molecule has 0 bridgehead atoms. The molecule has 1 aliphatic heterocycles. The summed E-state index contributed by atoms with van der Waals surface area (Å²) in [4.78, 5) is 7.03. The number of aromatic nitrogens is 3. The molecule has 2 aliphatic rings. The molecule has 0 unspecified atom stereocenters. The first-order valence-corrected chi connectivity index (χ1v) is 8.09. The molecule has 1 aromatic carbocycles. The third-order valence-corrected chi connectivity index (χ3v) is 4.81. The summed E-state index contributed by atoms with van der Waals surface area (Å²) in [7, 11) is 0. The van der Waals surface area contributed by atoms with E-state index in [0.717, 1.165) is 36.9 Å². The first-order valence-electron chi connectivity index (χ1n) is 8.09. The van der Waals surface area contributed by atoms with E-state index in [-0.39, 0.29) is 18.5 Å². The fourth-order valence-corrected chi connectivity index (χ4v) is 3.40. The highest BCUT2D eigenvalue weighted by Crippen LogP contribution is 2.36. The van der Waals surface area contributed by atoms with Crippen molar-refractivity contribution in [2.75, 3.05) is 26.3 Å². The van der Waals surface area contributed by atoms with E-state index in [1.165, 1.54) is 12.8 Å². The second-order valence-corrected chi connectivity index (χ2v) is 6.59. The zero-order valence-corrected chi connectivity index (χ0v) is 12.6. The van der Waals surface area contributed by atoms with Crippen molar-refractivity contribution in [3.8, 4) is 11.4 Å². The van der Waals surface area contributed by atoms with Gasteiger partial charge >= 0.3 is 0 Å². The smallest absolute Gasteiger partial charge is 0.181 e. The van der Waals surface area contributed by atoms with Crippen LogP contribution in [-0.4, -0.2) is 46.4 Å². The van der Waals surface area contributed by atoms with Crippen molar-refractivity contribution < 1.29 is 4.39 Å². The lowest BCUT2D eigenvalue weighted by Gasteiger charge is -2.14. The van der Waals surface area contributed by atoms with Crippen LogP contribution in [0.3, 0.4) is 0 Å². The van der Waals surface area contributed by atoms with Crippen molar-refractivity contribution in [1.82, 2.24) is 20.1 Å². The Morgan fingerprint density at radius 3 is 2.73 bits per heavy atom. The van der Waals surface area contributed by atoms with Crippen molar-refractivity contribution in [2.24, 2.45) is 11.8 Å². The van der Waals surface area contributed by atoms with Gasteiger partial charge in [0.15, 0.2) is 5.82 Å². The fourth-order valence-electron chi connectivity index (χ4n) is 3.40. The van der Waals surface area contributed by atoms with Crippen LogP contribution < -0.4 is 0 Å². The van der Waals surface area contributed by atoms with Gasteiger partial charge in [-0.05, 0) is 18.8 Å². The van der Waals surface area contributed by atoms with E-state index < -0.39 is 0 Å². The van der Waals surface area contributed by atoms with E-state index in [9.17, 15) is 4.39 Å². The summed E-state index contributed by atoms with van der Waals surface area (Å²) in [5, 5.41) is 7.37. The number of hydrogen-bond acceptors (Lipinski definition) is 3. The summed E-state index contributed by atoms with van der Waals surface area (Å²) < 4.78 is 13.4. The quantitative estimate of drug-likeness (QED) is 0.923. The lowest BCUT2D eigenvalue weighted by Crippen LogP contribution is -2.23. The molecule has 4 rings (SSSR count). The van der Waals surface area contributed by atoms with Crippen LogP contribution in [0, 0.1) is 11.8 Å². The van der Waals surface area contributed by atoms with Gasteiger partial charge in [-0.2, -0.15) is 5.10 Å². The number of halogens is 1. The Morgan fingerprint density at radius 2 is 2.00 bits per heavy atom. The molecule has 5 heteroatoms. The number of aromatic amines is 1. The van der Waals surface area contributed by atoms with Crippen molar-refractivity contribution in [1.29, 1.82) is 0 Å². The summed E-state index contributed by atoms with van der Waals surface area (Å²) in [6.45, 7) is 2.58. The second-order valence-electron chi connectivity index (χ2n) is 6.59. The number of rotatable bonds is 5. The molecule has 1 saturated carbocycles. The average Bonchev–Trinajstić information content (AvgIpc) is 3.09. The van der Waals surface area contributed by atoms with Gasteiger partial charge < -0.3 is 4.90 Å². The minimum atomic E-state index is -0.285. The molecule has 1 aromatic heterocycles. The molecule has 2 heterocycles. The van der Waals surface area contributed by atoms with Crippen LogP contribution >= 0.6 is 0 Å². The van der Waals surface area contributed by atoms with Gasteiger partial charge in [0.05, 0.1) is 6.67 Å². The maximum atomic E-state index is 13.4. The molecule has 0 radical (unpaired) electrons. The van der Waals surface area contributed by atoms with Crippen molar-refractivity contribution in [3.05, 3.63) is 36.2 Å².